The van der Waals surface area contributed by atoms with Gasteiger partial charge in [-0.25, -0.2) is 0 Å². The quantitative estimate of drug-likeness (QED) is 0.271. The first-order valence-electron chi connectivity index (χ1n) is 1.02. The number of phosphoric acid groups is 1. The van der Waals surface area contributed by atoms with Crippen LogP contribution in [0.1, 0.15) is 0 Å². The van der Waals surface area contributed by atoms with Crippen molar-refractivity contribution >= 4 is 28.4 Å². The summed E-state index contributed by atoms with van der Waals surface area (Å²) in [7, 11) is -3.94. The third-order valence-corrected chi connectivity index (χ3v) is 0. The van der Waals surface area contributed by atoms with Gasteiger partial charge in [-0.15, -0.1) is 11.6 Å². The van der Waals surface area contributed by atoms with Crippen molar-refractivity contribution in [2.75, 3.05) is 0 Å². The molecule has 0 heterocycles. The van der Waals surface area contributed by atoms with Gasteiger partial charge < -0.3 is 19.2 Å². The van der Waals surface area contributed by atoms with Gasteiger partial charge in [-0.1, -0.05) is 0 Å². The Bertz CT molecular complexity index is 76.3. The van der Waals surface area contributed by atoms with E-state index in [2.05, 4.69) is 11.6 Å². The molecule has 10 heavy (non-hydrogen) atoms. The molecule has 0 fully saturated rings. The van der Waals surface area contributed by atoms with E-state index in [9.17, 15) is 0 Å². The minimum atomic E-state index is -5.39. The SMILES string of the molecule is O=P([O-])([O-])[O-].[Li+].[Li+].[Li+].[SiH2]=S. The van der Waals surface area contributed by atoms with Gasteiger partial charge >= 0.3 is 56.6 Å². The minimum absolute atomic E-state index is 0. The van der Waals surface area contributed by atoms with Crippen LogP contribution in [0.25, 0.3) is 0 Å². The molecule has 0 saturated heterocycles. The second-order valence-corrected chi connectivity index (χ2v) is 1.34. The predicted molar refractivity (Wildman–Crippen MR) is 23.7 cm³/mol. The molecule has 4 nitrogen and oxygen atoms in total. The molecule has 0 amide bonds. The Morgan fingerprint density at radius 3 is 1.00 bits per heavy atom. The average Bonchev–Trinajstić information content (AvgIpc) is 1.36. The van der Waals surface area contributed by atoms with E-state index in [0.29, 0.717) is 0 Å². The van der Waals surface area contributed by atoms with Crippen LogP contribution in [0.15, 0.2) is 0 Å². The van der Waals surface area contributed by atoms with E-state index in [1.165, 1.54) is 8.95 Å². The number of rotatable bonds is 0. The summed E-state index contributed by atoms with van der Waals surface area (Å²) in [4.78, 5) is 25.6. The second-order valence-electron chi connectivity index (χ2n) is 0.447. The van der Waals surface area contributed by atoms with E-state index in [4.69, 9.17) is 19.2 Å². The van der Waals surface area contributed by atoms with Gasteiger partial charge in [-0.2, -0.15) is 7.82 Å². The van der Waals surface area contributed by atoms with Crippen molar-refractivity contribution in [2.24, 2.45) is 0 Å². The summed E-state index contributed by atoms with van der Waals surface area (Å²) in [6.45, 7) is 0. The van der Waals surface area contributed by atoms with Crippen LogP contribution in [-0.4, -0.2) is 8.95 Å². The van der Waals surface area contributed by atoms with E-state index in [0.717, 1.165) is 0 Å². The molecule has 0 atom stereocenters. The smallest absolute Gasteiger partial charge is 0.822 e. The third kappa shape index (κ3) is 165. The fourth-order valence-corrected chi connectivity index (χ4v) is 0. The summed E-state index contributed by atoms with van der Waals surface area (Å²) in [6.07, 6.45) is 0. The zero-order chi connectivity index (χ0) is 6.50. The molecule has 44 valence electrons. The van der Waals surface area contributed by atoms with Gasteiger partial charge in [0.2, 0.25) is 0 Å². The minimum Gasteiger partial charge on any atom is -0.822 e. The van der Waals surface area contributed by atoms with Crippen molar-refractivity contribution in [1.29, 1.82) is 0 Å². The van der Waals surface area contributed by atoms with Crippen LogP contribution < -0.4 is 71.3 Å². The molecule has 0 saturated carbocycles. The van der Waals surface area contributed by atoms with Crippen LogP contribution in [-0.2, 0) is 4.57 Å². The van der Waals surface area contributed by atoms with Gasteiger partial charge in [0.25, 0.3) is 0 Å². The van der Waals surface area contributed by atoms with Crippen LogP contribution >= 0.6 is 19.4 Å². The van der Waals surface area contributed by atoms with Gasteiger partial charge in [-0.3, -0.25) is 0 Å². The molecule has 0 radical (unpaired) electrons. The largest absolute Gasteiger partial charge is 1.00 e. The van der Waals surface area contributed by atoms with E-state index >= 15 is 0 Å². The first kappa shape index (κ1) is 29.5. The maximum absolute atomic E-state index is 8.55. The number of hydrogen-bond acceptors (Lipinski definition) is 5. The Labute approximate surface area is 103 Å². The van der Waals surface area contributed by atoms with Crippen molar-refractivity contribution in [2.45, 2.75) is 0 Å². The molecule has 0 aliphatic rings. The van der Waals surface area contributed by atoms with Gasteiger partial charge in [-0.05, 0) is 0 Å². The first-order chi connectivity index (χ1) is 3.00. The third-order valence-electron chi connectivity index (χ3n) is 0. The van der Waals surface area contributed by atoms with E-state index in [-0.39, 0.29) is 56.6 Å². The first-order valence-corrected chi connectivity index (χ1v) is 4.79. The van der Waals surface area contributed by atoms with Crippen molar-refractivity contribution in [3.8, 4) is 0 Å². The second kappa shape index (κ2) is 17.4. The van der Waals surface area contributed by atoms with E-state index in [1.807, 2.05) is 0 Å². The molecule has 0 aromatic heterocycles. The molecule has 0 N–H and O–H groups in total. The van der Waals surface area contributed by atoms with Crippen LogP contribution in [0.3, 0.4) is 0 Å². The van der Waals surface area contributed by atoms with E-state index in [1.54, 1.807) is 0 Å². The van der Waals surface area contributed by atoms with Gasteiger partial charge in [0.05, 0.1) is 8.95 Å². The average molecular weight is 178 g/mol. The molecule has 0 aromatic carbocycles. The van der Waals surface area contributed by atoms with Crippen LogP contribution in [0.5, 0.6) is 0 Å². The molecule has 0 spiro atoms. The van der Waals surface area contributed by atoms with Crippen molar-refractivity contribution < 1.29 is 75.8 Å². The summed E-state index contributed by atoms with van der Waals surface area (Å²) in [6, 6.07) is 0. The Balaban J connectivity index is -0.0000000154. The summed E-state index contributed by atoms with van der Waals surface area (Å²) in [5.74, 6) is 0. The normalized spacial score (nSPS) is 6.30. The topological polar surface area (TPSA) is 86.2 Å². The van der Waals surface area contributed by atoms with Crippen LogP contribution in [0, 0.1) is 0 Å². The molecule has 0 aliphatic carbocycles. The Hall–Kier alpha value is 2.34. The van der Waals surface area contributed by atoms with Gasteiger partial charge in [0, 0.05) is 0 Å². The van der Waals surface area contributed by atoms with Gasteiger partial charge in [0.1, 0.15) is 0 Å². The summed E-state index contributed by atoms with van der Waals surface area (Å²) in [5.41, 5.74) is 0. The molecule has 0 aromatic rings. The fraction of sp³-hybridized carbons (Fsp3) is 0. The van der Waals surface area contributed by atoms with Crippen molar-refractivity contribution in [3.63, 3.8) is 0 Å². The number of hydrogen-bond donors (Lipinski definition) is 0. The maximum Gasteiger partial charge on any atom is 1.00 e. The standard InChI is InChI=1S/3Li.H3O4P.H2SSi/c;;;1-5(2,3)4;1-2/h;;;(H3,1,2,3,4);2H2/q3*+1;;/p-3. The molecular weight excluding hydrogens is 176 g/mol. The Kier molecular flexibility index (Phi) is 51.3. The van der Waals surface area contributed by atoms with E-state index < -0.39 is 7.82 Å². The summed E-state index contributed by atoms with van der Waals surface area (Å²) in [5, 5.41) is 0. The molecular formula is H2Li3O4PSSi. The zero-order valence-electron chi connectivity index (χ0n) is 6.20. The Morgan fingerprint density at radius 1 is 1.00 bits per heavy atom. The molecule has 10 heteroatoms. The van der Waals surface area contributed by atoms with Crippen LogP contribution in [0.2, 0.25) is 0 Å². The molecule has 0 bridgehead atoms. The molecule has 0 unspecified atom stereocenters. The molecule has 0 rings (SSSR count). The zero-order valence-corrected chi connectivity index (χ0v) is 9.32. The van der Waals surface area contributed by atoms with Gasteiger partial charge in [0.15, 0.2) is 0 Å². The van der Waals surface area contributed by atoms with Crippen molar-refractivity contribution in [3.05, 3.63) is 0 Å². The summed E-state index contributed by atoms with van der Waals surface area (Å²) >= 11 is 4.11. The fourth-order valence-electron chi connectivity index (χ4n) is 0. The summed E-state index contributed by atoms with van der Waals surface area (Å²) < 4.78 is 8.55. The maximum atomic E-state index is 8.55. The van der Waals surface area contributed by atoms with Crippen molar-refractivity contribution in [1.82, 2.24) is 0 Å². The van der Waals surface area contributed by atoms with Crippen LogP contribution in [0.4, 0.5) is 0 Å². The monoisotopic (exact) mass is 178 g/mol. The molecule has 0 aliphatic heterocycles. The predicted octanol–water partition coefficient (Wildman–Crippen LogP) is -12.1. The Morgan fingerprint density at radius 2 is 1.00 bits per heavy atom.